The monoisotopic (exact) mass is 441 g/mol. The smallest absolute Gasteiger partial charge is 0.319 e. The molecule has 2 heterocycles. The van der Waals surface area contributed by atoms with Crippen LogP contribution >= 0.6 is 0 Å². The summed E-state index contributed by atoms with van der Waals surface area (Å²) in [5, 5.41) is 3.54. The molecule has 8 heteroatoms. The third kappa shape index (κ3) is 4.58. The fourth-order valence-corrected chi connectivity index (χ4v) is 5.79. The summed E-state index contributed by atoms with van der Waals surface area (Å²) in [6, 6.07) is 10.3. The number of hydrogen-bond donors (Lipinski definition) is 1. The van der Waals surface area contributed by atoms with E-state index in [1.54, 1.807) is 19.0 Å². The highest BCUT2D eigenvalue weighted by atomic mass is 19.1. The van der Waals surface area contributed by atoms with Gasteiger partial charge in [-0.1, -0.05) is 30.3 Å². The first-order chi connectivity index (χ1) is 15.3. The highest BCUT2D eigenvalue weighted by molar-refractivity contribution is 5.79. The molecule has 7 nitrogen and oxygen atoms in total. The van der Waals surface area contributed by atoms with Crippen LogP contribution in [0, 0.1) is 18.4 Å². The van der Waals surface area contributed by atoms with Crippen molar-refractivity contribution >= 4 is 11.9 Å². The van der Waals surface area contributed by atoms with E-state index in [1.165, 1.54) is 10.5 Å². The van der Waals surface area contributed by atoms with Gasteiger partial charge in [-0.15, -0.1) is 0 Å². The van der Waals surface area contributed by atoms with Gasteiger partial charge < -0.3 is 15.1 Å². The van der Waals surface area contributed by atoms with Crippen LogP contribution < -0.4 is 5.32 Å². The number of halogens is 1. The highest BCUT2D eigenvalue weighted by Gasteiger charge is 2.50. The molecule has 2 aliphatic heterocycles. The molecule has 0 unspecified atom stereocenters. The minimum Gasteiger partial charge on any atom is -0.331 e. The molecule has 1 aliphatic carbocycles. The number of nitrogens with one attached hydrogen (secondary N) is 1. The molecule has 3 fully saturated rings. The fraction of sp³-hybridized carbons (Fsp3) is 0.625. The van der Waals surface area contributed by atoms with Gasteiger partial charge in [0.1, 0.15) is 6.17 Å². The number of hydrogen-bond acceptors (Lipinski definition) is 3. The molecule has 32 heavy (non-hydrogen) atoms. The number of likely N-dealkylation sites (tertiary alicyclic amines) is 2. The number of alkyl halides is 1. The van der Waals surface area contributed by atoms with E-state index in [0.29, 0.717) is 11.8 Å². The normalized spacial score (nSPS) is 31.4. The molecule has 1 aromatic carbocycles. The molecule has 0 spiro atoms. The van der Waals surface area contributed by atoms with E-state index in [2.05, 4.69) is 22.3 Å². The second-order valence-electron chi connectivity index (χ2n) is 9.80. The van der Waals surface area contributed by atoms with Gasteiger partial charge in [-0.25, -0.2) is 15.8 Å². The third-order valence-electron chi connectivity index (χ3n) is 7.23. The first-order valence-corrected chi connectivity index (χ1v) is 11.4. The Morgan fingerprint density at radius 1 is 1.19 bits per heavy atom. The third-order valence-corrected chi connectivity index (χ3v) is 7.23. The summed E-state index contributed by atoms with van der Waals surface area (Å²) in [5.74, 6) is 0.575. The standard InChI is InChI=1S/C24H32FN5O2/c1-26-21-9-20(25)16-30(21)22(31)13-27-24(10-17-7-5-4-6-8-17)11-18-14-29(15-19(18)12-24)23(32)28(2)3/h4-8,18-21,27H,9-16H2,2-3H3/t18-,19+,20-,21-,24-/m0/s1. The first-order valence-electron chi connectivity index (χ1n) is 11.4. The van der Waals surface area contributed by atoms with E-state index in [0.717, 1.165) is 32.4 Å². The van der Waals surface area contributed by atoms with Crippen molar-refractivity contribution in [3.05, 3.63) is 47.3 Å². The van der Waals surface area contributed by atoms with Crippen LogP contribution in [0.5, 0.6) is 0 Å². The van der Waals surface area contributed by atoms with Crippen molar-refractivity contribution in [2.75, 3.05) is 40.3 Å². The Morgan fingerprint density at radius 3 is 2.44 bits per heavy atom. The zero-order valence-electron chi connectivity index (χ0n) is 18.8. The largest absolute Gasteiger partial charge is 0.331 e. The minimum absolute atomic E-state index is 0.00605. The van der Waals surface area contributed by atoms with Crippen molar-refractivity contribution in [2.24, 2.45) is 11.8 Å². The summed E-state index contributed by atoms with van der Waals surface area (Å²) in [4.78, 5) is 33.6. The lowest BCUT2D eigenvalue weighted by Crippen LogP contribution is -2.51. The molecule has 0 aromatic heterocycles. The quantitative estimate of drug-likeness (QED) is 0.714. The Labute approximate surface area is 189 Å². The molecule has 0 radical (unpaired) electrons. The van der Waals surface area contributed by atoms with Gasteiger partial charge in [0, 0.05) is 32.7 Å². The number of nitrogens with zero attached hydrogens (tertiary/aromatic N) is 4. The van der Waals surface area contributed by atoms with Gasteiger partial charge in [-0.3, -0.25) is 14.5 Å². The van der Waals surface area contributed by atoms with Crippen molar-refractivity contribution in [1.82, 2.24) is 20.0 Å². The summed E-state index contributed by atoms with van der Waals surface area (Å²) in [5.41, 5.74) is 0.958. The van der Waals surface area contributed by atoms with E-state index in [4.69, 9.17) is 6.57 Å². The van der Waals surface area contributed by atoms with Crippen molar-refractivity contribution in [2.45, 2.75) is 43.6 Å². The van der Waals surface area contributed by atoms with Gasteiger partial charge in [0.2, 0.25) is 5.91 Å². The number of urea groups is 1. The number of amides is 3. The number of benzene rings is 1. The first kappa shape index (κ1) is 22.5. The van der Waals surface area contributed by atoms with Crippen LogP contribution in [0.15, 0.2) is 30.3 Å². The number of carbonyl (C=O) groups excluding carboxylic acids is 2. The Morgan fingerprint density at radius 2 is 1.84 bits per heavy atom. The second kappa shape index (κ2) is 9.07. The average molecular weight is 442 g/mol. The molecule has 3 aliphatic rings. The highest BCUT2D eigenvalue weighted by Crippen LogP contribution is 2.45. The van der Waals surface area contributed by atoms with Gasteiger partial charge in [-0.05, 0) is 36.7 Å². The molecule has 1 aromatic rings. The molecule has 0 bridgehead atoms. The molecule has 1 saturated carbocycles. The maximum Gasteiger partial charge on any atom is 0.319 e. The zero-order chi connectivity index (χ0) is 22.9. The second-order valence-corrected chi connectivity index (χ2v) is 9.80. The van der Waals surface area contributed by atoms with Gasteiger partial charge in [0.15, 0.2) is 0 Å². The summed E-state index contributed by atoms with van der Waals surface area (Å²) in [7, 11) is 3.56. The summed E-state index contributed by atoms with van der Waals surface area (Å²) >= 11 is 0. The van der Waals surface area contributed by atoms with Crippen molar-refractivity contribution in [3.8, 4) is 0 Å². The maximum absolute atomic E-state index is 13.8. The predicted octanol–water partition coefficient (Wildman–Crippen LogP) is 2.40. The number of rotatable bonds is 5. The van der Waals surface area contributed by atoms with E-state index in [1.807, 2.05) is 23.1 Å². The van der Waals surface area contributed by atoms with E-state index in [-0.39, 0.29) is 37.0 Å². The average Bonchev–Trinajstić information content (AvgIpc) is 3.43. The lowest BCUT2D eigenvalue weighted by atomic mass is 9.87. The van der Waals surface area contributed by atoms with Crippen LogP contribution in [0.3, 0.4) is 0 Å². The van der Waals surface area contributed by atoms with E-state index >= 15 is 0 Å². The van der Waals surface area contributed by atoms with Gasteiger partial charge >= 0.3 is 12.2 Å². The predicted molar refractivity (Wildman–Crippen MR) is 119 cm³/mol. The van der Waals surface area contributed by atoms with Crippen LogP contribution in [0.2, 0.25) is 0 Å². The van der Waals surface area contributed by atoms with Crippen LogP contribution in [0.1, 0.15) is 24.8 Å². The Balaban J connectivity index is 1.46. The Hall–Kier alpha value is -2.66. The molecule has 4 rings (SSSR count). The molecule has 1 N–H and O–H groups in total. The fourth-order valence-electron chi connectivity index (χ4n) is 5.79. The van der Waals surface area contributed by atoms with Crippen LogP contribution in [-0.2, 0) is 11.2 Å². The molecular weight excluding hydrogens is 409 g/mol. The molecule has 3 amide bonds. The Bertz CT molecular complexity index is 872. The van der Waals surface area contributed by atoms with Gasteiger partial charge in [-0.2, -0.15) is 0 Å². The lowest BCUT2D eigenvalue weighted by Gasteiger charge is -2.34. The summed E-state index contributed by atoms with van der Waals surface area (Å²) < 4.78 is 13.8. The minimum atomic E-state index is -1.12. The number of carbonyl (C=O) groups is 2. The van der Waals surface area contributed by atoms with Crippen LogP contribution in [-0.4, -0.2) is 84.8 Å². The van der Waals surface area contributed by atoms with Crippen LogP contribution in [0.4, 0.5) is 9.18 Å². The number of fused-ring (bicyclic) bond motifs is 1. The molecule has 5 atom stereocenters. The van der Waals surface area contributed by atoms with Crippen LogP contribution in [0.25, 0.3) is 4.85 Å². The summed E-state index contributed by atoms with van der Waals surface area (Å²) in [6.07, 6.45) is 0.850. The van der Waals surface area contributed by atoms with Crippen molar-refractivity contribution in [1.29, 1.82) is 0 Å². The molecule has 172 valence electrons. The van der Waals surface area contributed by atoms with Crippen molar-refractivity contribution < 1.29 is 14.0 Å². The topological polar surface area (TPSA) is 60.3 Å². The van der Waals surface area contributed by atoms with Gasteiger partial charge in [0.25, 0.3) is 0 Å². The van der Waals surface area contributed by atoms with Gasteiger partial charge in [0.05, 0.1) is 19.5 Å². The molecular formula is C24H32FN5O2. The molecule has 2 saturated heterocycles. The van der Waals surface area contributed by atoms with Crippen molar-refractivity contribution in [3.63, 3.8) is 0 Å². The SMILES string of the molecule is [C-]#[N+][C@@H]1C[C@H](F)CN1C(=O)CN[C@@]1(Cc2ccccc2)C[C@H]2CN(C(=O)N(C)C)C[C@H]2C1. The van der Waals surface area contributed by atoms with E-state index < -0.39 is 12.3 Å². The maximum atomic E-state index is 13.8. The zero-order valence-corrected chi connectivity index (χ0v) is 18.8. The Kier molecular flexibility index (Phi) is 6.38. The van der Waals surface area contributed by atoms with E-state index in [9.17, 15) is 14.0 Å². The lowest BCUT2D eigenvalue weighted by molar-refractivity contribution is -0.131. The summed E-state index contributed by atoms with van der Waals surface area (Å²) in [6.45, 7) is 8.86.